The van der Waals surface area contributed by atoms with Crippen molar-refractivity contribution < 1.29 is 13.2 Å². The van der Waals surface area contributed by atoms with Crippen molar-refractivity contribution in [2.24, 2.45) is 7.05 Å². The van der Waals surface area contributed by atoms with Crippen molar-refractivity contribution in [2.75, 3.05) is 18.4 Å². The van der Waals surface area contributed by atoms with Gasteiger partial charge in [0.25, 0.3) is 5.91 Å². The van der Waals surface area contributed by atoms with Gasteiger partial charge in [-0.1, -0.05) is 19.9 Å². The van der Waals surface area contributed by atoms with Gasteiger partial charge in [-0.3, -0.25) is 9.48 Å². The fourth-order valence-corrected chi connectivity index (χ4v) is 3.87. The normalized spacial score (nSPS) is 11.7. The Bertz CT molecular complexity index is 839. The van der Waals surface area contributed by atoms with Crippen LogP contribution in [0.1, 0.15) is 29.9 Å². The maximum absolute atomic E-state index is 12.6. The smallest absolute Gasteiger partial charge is 0.259 e. The maximum atomic E-state index is 12.6. The fraction of sp³-hybridized carbons (Fsp3) is 0.375. The van der Waals surface area contributed by atoms with Gasteiger partial charge in [0.05, 0.1) is 16.7 Å². The Balaban J connectivity index is 2.28. The molecule has 1 amide bonds. The first-order valence-corrected chi connectivity index (χ1v) is 9.15. The quantitative estimate of drug-likeness (QED) is 0.864. The van der Waals surface area contributed by atoms with Gasteiger partial charge in [0.2, 0.25) is 10.0 Å². The van der Waals surface area contributed by atoms with E-state index in [1.165, 1.54) is 22.6 Å². The number of nitrogens with one attached hydrogen (secondary N) is 1. The van der Waals surface area contributed by atoms with Gasteiger partial charge in [0.1, 0.15) is 0 Å². The lowest BCUT2D eigenvalue weighted by molar-refractivity contribution is 0.102. The minimum atomic E-state index is -3.56. The van der Waals surface area contributed by atoms with E-state index < -0.39 is 10.0 Å². The summed E-state index contributed by atoms with van der Waals surface area (Å²) in [6.45, 7) is 6.16. The minimum absolute atomic E-state index is 0.159. The molecule has 2 aromatic rings. The van der Waals surface area contributed by atoms with Gasteiger partial charge in [-0.15, -0.1) is 0 Å². The molecule has 1 aromatic heterocycles. The number of aryl methyl sites for hydroxylation is 1. The van der Waals surface area contributed by atoms with E-state index in [0.717, 1.165) is 5.69 Å². The number of carbonyl (C=O) groups is 1. The number of benzene rings is 1. The molecule has 0 saturated heterocycles. The van der Waals surface area contributed by atoms with E-state index in [-0.39, 0.29) is 10.8 Å². The monoisotopic (exact) mass is 350 g/mol. The van der Waals surface area contributed by atoms with Crippen LogP contribution in [0.2, 0.25) is 0 Å². The van der Waals surface area contributed by atoms with Gasteiger partial charge in [-0.25, -0.2) is 8.42 Å². The highest BCUT2D eigenvalue weighted by Gasteiger charge is 2.22. The first kappa shape index (κ1) is 18.2. The first-order chi connectivity index (χ1) is 11.3. The van der Waals surface area contributed by atoms with Crippen LogP contribution in [-0.2, 0) is 17.1 Å². The molecule has 1 aromatic carbocycles. The Morgan fingerprint density at radius 3 is 2.50 bits per heavy atom. The van der Waals surface area contributed by atoms with E-state index in [9.17, 15) is 13.2 Å². The third-order valence-electron chi connectivity index (χ3n) is 3.91. The Hall–Kier alpha value is -2.19. The highest BCUT2D eigenvalue weighted by molar-refractivity contribution is 7.89. The van der Waals surface area contributed by atoms with Crippen LogP contribution >= 0.6 is 0 Å². The Labute approximate surface area is 142 Å². The molecule has 0 aliphatic rings. The SMILES string of the molecule is CCN(CC)S(=O)(=O)c1cccc(NC(=O)c2cnn(C)c2C)c1. The molecule has 7 nitrogen and oxygen atoms in total. The van der Waals surface area contributed by atoms with Crippen molar-refractivity contribution in [1.29, 1.82) is 0 Å². The topological polar surface area (TPSA) is 84.3 Å². The van der Waals surface area contributed by atoms with Gasteiger partial charge in [0, 0.05) is 31.5 Å². The van der Waals surface area contributed by atoms with Crippen LogP contribution in [0.5, 0.6) is 0 Å². The molecule has 0 fully saturated rings. The molecule has 24 heavy (non-hydrogen) atoms. The highest BCUT2D eigenvalue weighted by Crippen LogP contribution is 2.20. The number of sulfonamides is 1. The summed E-state index contributed by atoms with van der Waals surface area (Å²) in [6, 6.07) is 6.27. The summed E-state index contributed by atoms with van der Waals surface area (Å²) in [4.78, 5) is 12.5. The third kappa shape index (κ3) is 3.49. The molecule has 0 saturated carbocycles. The number of anilines is 1. The summed E-state index contributed by atoms with van der Waals surface area (Å²) in [7, 11) is -1.81. The van der Waals surface area contributed by atoms with Gasteiger partial charge in [0.15, 0.2) is 0 Å². The lowest BCUT2D eigenvalue weighted by Gasteiger charge is -2.18. The van der Waals surface area contributed by atoms with E-state index in [4.69, 9.17) is 0 Å². The van der Waals surface area contributed by atoms with Crippen LogP contribution in [0.4, 0.5) is 5.69 Å². The fourth-order valence-electron chi connectivity index (χ4n) is 2.37. The number of hydrogen-bond acceptors (Lipinski definition) is 4. The summed E-state index contributed by atoms with van der Waals surface area (Å²) in [5.41, 5.74) is 1.62. The Kier molecular flexibility index (Phi) is 5.40. The number of hydrogen-bond donors (Lipinski definition) is 1. The average Bonchev–Trinajstić information content (AvgIpc) is 2.88. The molecule has 2 rings (SSSR count). The highest BCUT2D eigenvalue weighted by atomic mass is 32.2. The molecule has 0 atom stereocenters. The van der Waals surface area contributed by atoms with Crippen molar-refractivity contribution in [3.63, 3.8) is 0 Å². The first-order valence-electron chi connectivity index (χ1n) is 7.71. The van der Waals surface area contributed by atoms with Crippen LogP contribution in [0.3, 0.4) is 0 Å². The number of nitrogens with zero attached hydrogens (tertiary/aromatic N) is 3. The second-order valence-electron chi connectivity index (χ2n) is 5.34. The zero-order valence-electron chi connectivity index (χ0n) is 14.3. The third-order valence-corrected chi connectivity index (χ3v) is 5.96. The standard InChI is InChI=1S/C16H22N4O3S/c1-5-20(6-2)24(22,23)14-9-7-8-13(10-14)18-16(21)15-11-17-19(4)12(15)3/h7-11H,5-6H2,1-4H3,(H,18,21). The van der Waals surface area contributed by atoms with Crippen molar-refractivity contribution in [3.8, 4) is 0 Å². The number of amides is 1. The van der Waals surface area contributed by atoms with E-state index in [1.807, 2.05) is 0 Å². The zero-order chi connectivity index (χ0) is 17.9. The minimum Gasteiger partial charge on any atom is -0.322 e. The van der Waals surface area contributed by atoms with Crippen LogP contribution in [0.15, 0.2) is 35.4 Å². The van der Waals surface area contributed by atoms with Crippen molar-refractivity contribution in [3.05, 3.63) is 41.7 Å². The summed E-state index contributed by atoms with van der Waals surface area (Å²) >= 11 is 0. The van der Waals surface area contributed by atoms with Gasteiger partial charge in [-0.05, 0) is 25.1 Å². The molecule has 0 radical (unpaired) electrons. The predicted molar refractivity (Wildman–Crippen MR) is 92.4 cm³/mol. The van der Waals surface area contributed by atoms with Crippen molar-refractivity contribution in [1.82, 2.24) is 14.1 Å². The van der Waals surface area contributed by atoms with Crippen LogP contribution in [-0.4, -0.2) is 41.5 Å². The summed E-state index contributed by atoms with van der Waals surface area (Å²) in [6.07, 6.45) is 1.49. The number of aromatic nitrogens is 2. The lowest BCUT2D eigenvalue weighted by Crippen LogP contribution is -2.30. The number of rotatable bonds is 6. The molecule has 130 valence electrons. The maximum Gasteiger partial charge on any atom is 0.259 e. The molecule has 8 heteroatoms. The molecule has 0 aliphatic heterocycles. The molecule has 0 bridgehead atoms. The lowest BCUT2D eigenvalue weighted by atomic mass is 10.2. The molecule has 0 unspecified atom stereocenters. The van der Waals surface area contributed by atoms with Crippen molar-refractivity contribution >= 4 is 21.6 Å². The van der Waals surface area contributed by atoms with Gasteiger partial charge < -0.3 is 5.32 Å². The largest absolute Gasteiger partial charge is 0.322 e. The average molecular weight is 350 g/mol. The van der Waals surface area contributed by atoms with Crippen LogP contribution < -0.4 is 5.32 Å². The second-order valence-corrected chi connectivity index (χ2v) is 7.28. The van der Waals surface area contributed by atoms with Gasteiger partial charge in [-0.2, -0.15) is 9.40 Å². The molecule has 0 aliphatic carbocycles. The van der Waals surface area contributed by atoms with E-state index in [2.05, 4.69) is 10.4 Å². The van der Waals surface area contributed by atoms with Gasteiger partial charge >= 0.3 is 0 Å². The molecule has 0 spiro atoms. The molecule has 1 N–H and O–H groups in total. The predicted octanol–water partition coefficient (Wildman–Crippen LogP) is 2.01. The van der Waals surface area contributed by atoms with Crippen molar-refractivity contribution in [2.45, 2.75) is 25.7 Å². The Morgan fingerprint density at radius 2 is 1.96 bits per heavy atom. The number of carbonyl (C=O) groups excluding carboxylic acids is 1. The van der Waals surface area contributed by atoms with Crippen LogP contribution in [0.25, 0.3) is 0 Å². The molecule has 1 heterocycles. The Morgan fingerprint density at radius 1 is 1.29 bits per heavy atom. The zero-order valence-corrected chi connectivity index (χ0v) is 15.1. The molecular weight excluding hydrogens is 328 g/mol. The van der Waals surface area contributed by atoms with Crippen LogP contribution in [0, 0.1) is 6.92 Å². The van der Waals surface area contributed by atoms with E-state index in [0.29, 0.717) is 24.3 Å². The summed E-state index contributed by atoms with van der Waals surface area (Å²) in [5, 5.41) is 6.76. The summed E-state index contributed by atoms with van der Waals surface area (Å²) in [5.74, 6) is -0.321. The second kappa shape index (κ2) is 7.14. The summed E-state index contributed by atoms with van der Waals surface area (Å²) < 4.78 is 28.1. The van der Waals surface area contributed by atoms with E-state index >= 15 is 0 Å². The molecular formula is C16H22N4O3S. The van der Waals surface area contributed by atoms with E-state index in [1.54, 1.807) is 44.6 Å².